The molecule has 3 heterocycles. The smallest absolute Gasteiger partial charge is 0.326 e. The number of anilines is 1. The Labute approximate surface area is 180 Å². The number of nitrogens with zero attached hydrogens (tertiary/aromatic N) is 3. The third-order valence-electron chi connectivity index (χ3n) is 5.74. The molecule has 2 aliphatic rings. The Bertz CT molecular complexity index is 1310. The molecule has 2 saturated heterocycles. The molecular weight excluding hydrogens is 449 g/mol. The second-order valence-corrected chi connectivity index (χ2v) is 9.44. The molecule has 2 atom stereocenters. The van der Waals surface area contributed by atoms with Crippen molar-refractivity contribution in [2.75, 3.05) is 24.0 Å². The number of aromatic nitrogens is 1. The lowest BCUT2D eigenvalue weighted by Gasteiger charge is -2.18. The Kier molecular flexibility index (Phi) is 4.86. The van der Waals surface area contributed by atoms with Gasteiger partial charge in [0, 0.05) is 24.7 Å². The van der Waals surface area contributed by atoms with Crippen LogP contribution in [0.2, 0.25) is 0 Å². The quantitative estimate of drug-likeness (QED) is 0.624. The van der Waals surface area contributed by atoms with E-state index in [0.717, 1.165) is 12.1 Å². The second-order valence-electron chi connectivity index (χ2n) is 7.76. The van der Waals surface area contributed by atoms with Gasteiger partial charge in [-0.3, -0.25) is 4.90 Å². The van der Waals surface area contributed by atoms with E-state index in [1.807, 2.05) is 0 Å². The molecule has 2 aromatic carbocycles. The number of carbonyl (C=O) groups excluding carboxylic acids is 1. The van der Waals surface area contributed by atoms with Gasteiger partial charge >= 0.3 is 6.03 Å². The Balaban J connectivity index is 1.50. The molecule has 0 bridgehead atoms. The fraction of sp³-hybridized carbons (Fsp3) is 0.300. The van der Waals surface area contributed by atoms with E-state index < -0.39 is 39.7 Å². The highest BCUT2D eigenvalue weighted by Gasteiger charge is 2.46. The molecule has 5 rings (SSSR count). The van der Waals surface area contributed by atoms with E-state index in [1.165, 1.54) is 21.9 Å². The summed E-state index contributed by atoms with van der Waals surface area (Å²) < 4.78 is 72.2. The summed E-state index contributed by atoms with van der Waals surface area (Å²) in [6, 6.07) is 5.30. The Hall–Kier alpha value is -3.12. The van der Waals surface area contributed by atoms with Crippen molar-refractivity contribution in [1.82, 2.24) is 14.8 Å². The van der Waals surface area contributed by atoms with E-state index >= 15 is 0 Å². The topological polar surface area (TPSA) is 95.7 Å². The summed E-state index contributed by atoms with van der Waals surface area (Å²) >= 11 is 0. The molecule has 168 valence electrons. The van der Waals surface area contributed by atoms with Crippen LogP contribution in [0.3, 0.4) is 0 Å². The monoisotopic (exact) mass is 466 g/mol. The number of fused-ring (bicyclic) bond motifs is 2. The van der Waals surface area contributed by atoms with Gasteiger partial charge in [-0.25, -0.2) is 31.1 Å². The van der Waals surface area contributed by atoms with Crippen molar-refractivity contribution < 1.29 is 30.9 Å². The molecule has 12 heteroatoms. The number of hydrogen-bond acceptors (Lipinski definition) is 5. The normalized spacial score (nSPS) is 21.0. The lowest BCUT2D eigenvalue weighted by Crippen LogP contribution is -2.40. The SMILES string of the molecule is O=C1N(c2noc3cccc(-c4c(F)cccc4F)c23)C[C@@H]2C[C@H](NS(=O)(=O)CF)CN12. The van der Waals surface area contributed by atoms with E-state index in [9.17, 15) is 26.4 Å². The first-order valence-electron chi connectivity index (χ1n) is 9.76. The first-order valence-corrected chi connectivity index (χ1v) is 11.4. The molecule has 1 aromatic heterocycles. The van der Waals surface area contributed by atoms with E-state index in [1.54, 1.807) is 12.1 Å². The van der Waals surface area contributed by atoms with Crippen LogP contribution >= 0.6 is 0 Å². The van der Waals surface area contributed by atoms with Gasteiger partial charge in [0.05, 0.1) is 17.0 Å². The largest absolute Gasteiger partial charge is 0.354 e. The van der Waals surface area contributed by atoms with Gasteiger partial charge in [0.25, 0.3) is 0 Å². The van der Waals surface area contributed by atoms with Crippen LogP contribution in [0, 0.1) is 11.6 Å². The predicted molar refractivity (Wildman–Crippen MR) is 109 cm³/mol. The van der Waals surface area contributed by atoms with Crippen molar-refractivity contribution in [3.05, 3.63) is 48.0 Å². The van der Waals surface area contributed by atoms with Crippen molar-refractivity contribution >= 4 is 32.8 Å². The standard InChI is InChI=1S/C20H17F3N4O4S/c21-10-32(29,30)25-11-7-12-9-27(20(28)26(12)8-11)19-18-13(3-1-6-16(18)31-24-19)17-14(22)4-2-5-15(17)23/h1-6,11-12,25H,7-10H2/t11-,12-/m0/s1. The summed E-state index contributed by atoms with van der Waals surface area (Å²) in [7, 11) is -4.05. The Morgan fingerprint density at radius 1 is 1.12 bits per heavy atom. The molecule has 3 aromatic rings. The highest BCUT2D eigenvalue weighted by molar-refractivity contribution is 7.89. The van der Waals surface area contributed by atoms with Gasteiger partial charge in [-0.15, -0.1) is 0 Å². The summed E-state index contributed by atoms with van der Waals surface area (Å²) in [5, 5.41) is 4.28. The van der Waals surface area contributed by atoms with Gasteiger partial charge in [0.15, 0.2) is 11.4 Å². The number of carbonyl (C=O) groups is 1. The van der Waals surface area contributed by atoms with Crippen LogP contribution in [0.5, 0.6) is 0 Å². The first-order chi connectivity index (χ1) is 15.3. The molecule has 0 saturated carbocycles. The van der Waals surface area contributed by atoms with E-state index in [4.69, 9.17) is 4.52 Å². The van der Waals surface area contributed by atoms with E-state index in [0.29, 0.717) is 11.8 Å². The lowest BCUT2D eigenvalue weighted by atomic mass is 10.00. The van der Waals surface area contributed by atoms with Crippen LogP contribution in [-0.4, -0.2) is 55.7 Å². The number of hydrogen-bond donors (Lipinski definition) is 1. The molecule has 0 unspecified atom stereocenters. The zero-order valence-corrected chi connectivity index (χ0v) is 17.3. The van der Waals surface area contributed by atoms with Gasteiger partial charge < -0.3 is 9.42 Å². The highest BCUT2D eigenvalue weighted by Crippen LogP contribution is 2.40. The van der Waals surface area contributed by atoms with Crippen molar-refractivity contribution in [2.45, 2.75) is 18.5 Å². The molecule has 0 radical (unpaired) electrons. The summed E-state index contributed by atoms with van der Waals surface area (Å²) in [5.41, 5.74) is 0.201. The summed E-state index contributed by atoms with van der Waals surface area (Å²) in [4.78, 5) is 15.9. The molecule has 1 N–H and O–H groups in total. The summed E-state index contributed by atoms with van der Waals surface area (Å²) in [6.07, 6.45) is 0.298. The zero-order chi connectivity index (χ0) is 22.6. The first kappa shape index (κ1) is 20.8. The van der Waals surface area contributed by atoms with Crippen molar-refractivity contribution in [3.8, 4) is 11.1 Å². The minimum absolute atomic E-state index is 0.0732. The average Bonchev–Trinajstić information content (AvgIpc) is 3.42. The highest BCUT2D eigenvalue weighted by atomic mass is 32.2. The van der Waals surface area contributed by atoms with Crippen LogP contribution < -0.4 is 9.62 Å². The van der Waals surface area contributed by atoms with Crippen LogP contribution in [0.25, 0.3) is 22.1 Å². The number of halogens is 3. The molecule has 32 heavy (non-hydrogen) atoms. The lowest BCUT2D eigenvalue weighted by molar-refractivity contribution is 0.218. The van der Waals surface area contributed by atoms with Gasteiger partial charge in [-0.05, 0) is 24.6 Å². The summed E-state index contributed by atoms with van der Waals surface area (Å²) in [6.45, 7) is 0.242. The maximum atomic E-state index is 14.5. The molecule has 2 amide bonds. The third kappa shape index (κ3) is 3.30. The van der Waals surface area contributed by atoms with E-state index in [-0.39, 0.29) is 41.7 Å². The van der Waals surface area contributed by atoms with E-state index in [2.05, 4.69) is 9.88 Å². The third-order valence-corrected chi connectivity index (χ3v) is 6.72. The van der Waals surface area contributed by atoms with Crippen molar-refractivity contribution in [1.29, 1.82) is 0 Å². The minimum atomic E-state index is -4.05. The number of rotatable bonds is 5. The number of alkyl halides is 1. The molecule has 2 fully saturated rings. The minimum Gasteiger partial charge on any atom is -0.354 e. The molecule has 0 aliphatic carbocycles. The number of sulfonamides is 1. The van der Waals surface area contributed by atoms with Gasteiger partial charge in [-0.1, -0.05) is 23.4 Å². The van der Waals surface area contributed by atoms with Crippen molar-refractivity contribution in [3.63, 3.8) is 0 Å². The van der Waals surface area contributed by atoms with Crippen LogP contribution in [0.4, 0.5) is 23.8 Å². The zero-order valence-electron chi connectivity index (χ0n) is 16.5. The second kappa shape index (κ2) is 7.48. The predicted octanol–water partition coefficient (Wildman–Crippen LogP) is 3.00. The fourth-order valence-electron chi connectivity index (χ4n) is 4.44. The molecule has 2 aliphatic heterocycles. The van der Waals surface area contributed by atoms with Crippen LogP contribution in [0.1, 0.15) is 6.42 Å². The number of urea groups is 1. The Morgan fingerprint density at radius 3 is 2.53 bits per heavy atom. The van der Waals surface area contributed by atoms with Gasteiger partial charge in [-0.2, -0.15) is 0 Å². The van der Waals surface area contributed by atoms with Crippen molar-refractivity contribution in [2.24, 2.45) is 0 Å². The Morgan fingerprint density at radius 2 is 1.84 bits per heavy atom. The molecular formula is C20H17F3N4O4S. The van der Waals surface area contributed by atoms with Gasteiger partial charge in [0.1, 0.15) is 11.6 Å². The molecule has 0 spiro atoms. The van der Waals surface area contributed by atoms with Crippen LogP contribution in [-0.2, 0) is 10.0 Å². The summed E-state index contributed by atoms with van der Waals surface area (Å²) in [5.74, 6) is -1.40. The molecule has 8 nitrogen and oxygen atoms in total. The maximum Gasteiger partial charge on any atom is 0.326 e. The maximum absolute atomic E-state index is 14.5. The number of amides is 2. The van der Waals surface area contributed by atoms with Gasteiger partial charge in [0.2, 0.25) is 16.0 Å². The average molecular weight is 466 g/mol. The number of nitrogens with one attached hydrogen (secondary N) is 1. The fourth-order valence-corrected chi connectivity index (χ4v) is 5.18. The number of benzene rings is 2. The van der Waals surface area contributed by atoms with Crippen LogP contribution in [0.15, 0.2) is 40.9 Å².